The summed E-state index contributed by atoms with van der Waals surface area (Å²) in [6, 6.07) is 1.99. The fraction of sp³-hybridized carbons (Fsp3) is 0.353. The lowest BCUT2D eigenvalue weighted by atomic mass is 10.0. The number of carbonyl (C=O) groups is 2. The van der Waals surface area contributed by atoms with Gasteiger partial charge < -0.3 is 5.32 Å². The summed E-state index contributed by atoms with van der Waals surface area (Å²) in [4.78, 5) is 21.9. The molecule has 0 aliphatic carbocycles. The average Bonchev–Trinajstić information content (AvgIpc) is 2.62. The molecule has 1 rings (SSSR count). The van der Waals surface area contributed by atoms with E-state index in [0.29, 0.717) is 5.56 Å². The number of hydrogen-bond acceptors (Lipinski definition) is 4. The molecular formula is C17H18F6N4O2. The van der Waals surface area contributed by atoms with Gasteiger partial charge in [0.25, 0.3) is 0 Å². The van der Waals surface area contributed by atoms with Crippen LogP contribution in [0.1, 0.15) is 37.4 Å². The molecule has 160 valence electrons. The van der Waals surface area contributed by atoms with Crippen LogP contribution in [0.25, 0.3) is 0 Å². The average molecular weight is 424 g/mol. The van der Waals surface area contributed by atoms with E-state index in [4.69, 9.17) is 5.41 Å². The number of imide groups is 1. The van der Waals surface area contributed by atoms with Crippen LogP contribution in [0.2, 0.25) is 0 Å². The van der Waals surface area contributed by atoms with Gasteiger partial charge in [-0.15, -0.1) is 0 Å². The van der Waals surface area contributed by atoms with E-state index in [9.17, 15) is 35.9 Å². The van der Waals surface area contributed by atoms with Crippen molar-refractivity contribution in [3.05, 3.63) is 46.8 Å². The van der Waals surface area contributed by atoms with Crippen molar-refractivity contribution in [1.82, 2.24) is 16.0 Å². The van der Waals surface area contributed by atoms with Crippen molar-refractivity contribution in [1.29, 1.82) is 5.41 Å². The molecule has 0 aliphatic heterocycles. The fourth-order valence-electron chi connectivity index (χ4n) is 2.28. The van der Waals surface area contributed by atoms with Crippen LogP contribution in [-0.4, -0.2) is 24.3 Å². The van der Waals surface area contributed by atoms with Crippen molar-refractivity contribution in [3.63, 3.8) is 0 Å². The summed E-state index contributed by atoms with van der Waals surface area (Å²) in [7, 11) is 0. The summed E-state index contributed by atoms with van der Waals surface area (Å²) in [5.41, 5.74) is -3.01. The molecule has 0 fully saturated rings. The van der Waals surface area contributed by atoms with Gasteiger partial charge in [0.1, 0.15) is 11.5 Å². The van der Waals surface area contributed by atoms with Gasteiger partial charge in [-0.25, -0.2) is 4.79 Å². The number of allylic oxidation sites excluding steroid dienone is 1. The number of rotatable bonds is 7. The Morgan fingerprint density at radius 2 is 1.69 bits per heavy atom. The molecule has 1 aromatic carbocycles. The molecule has 1 atom stereocenters. The molecule has 0 spiro atoms. The van der Waals surface area contributed by atoms with Gasteiger partial charge in [0.2, 0.25) is 6.41 Å². The van der Waals surface area contributed by atoms with Crippen LogP contribution >= 0.6 is 0 Å². The summed E-state index contributed by atoms with van der Waals surface area (Å²) in [6.45, 7) is 2.54. The fourth-order valence-corrected chi connectivity index (χ4v) is 2.28. The molecule has 0 radical (unpaired) electrons. The number of urea groups is 1. The molecule has 29 heavy (non-hydrogen) atoms. The molecule has 0 heterocycles. The first-order chi connectivity index (χ1) is 13.3. The van der Waals surface area contributed by atoms with Crippen molar-refractivity contribution in [2.45, 2.75) is 38.7 Å². The number of alkyl halides is 6. The smallest absolute Gasteiger partial charge is 0.364 e. The number of benzene rings is 1. The predicted octanol–water partition coefficient (Wildman–Crippen LogP) is 4.02. The molecular weight excluding hydrogens is 406 g/mol. The highest BCUT2D eigenvalue weighted by atomic mass is 19.4. The third kappa shape index (κ3) is 6.80. The van der Waals surface area contributed by atoms with Gasteiger partial charge in [-0.2, -0.15) is 26.3 Å². The SMILES string of the molecule is CCC(N/C(NC(=O)NC=O)=C(/C)C(=N)C(F)(F)F)c1ccc(C(F)(F)F)cc1. The zero-order valence-electron chi connectivity index (χ0n) is 15.3. The molecule has 1 aromatic rings. The largest absolute Gasteiger partial charge is 0.433 e. The van der Waals surface area contributed by atoms with E-state index in [-0.39, 0.29) is 12.8 Å². The maximum Gasteiger partial charge on any atom is 0.433 e. The van der Waals surface area contributed by atoms with Gasteiger partial charge in [-0.05, 0) is 31.0 Å². The highest BCUT2D eigenvalue weighted by Crippen LogP contribution is 2.30. The Hall–Kier alpha value is -3.05. The van der Waals surface area contributed by atoms with E-state index >= 15 is 0 Å². The zero-order chi connectivity index (χ0) is 22.4. The van der Waals surface area contributed by atoms with Gasteiger partial charge in [0, 0.05) is 5.57 Å². The van der Waals surface area contributed by atoms with E-state index in [1.807, 2.05) is 5.32 Å². The third-order valence-corrected chi connectivity index (χ3v) is 3.83. The minimum Gasteiger partial charge on any atom is -0.364 e. The van der Waals surface area contributed by atoms with Gasteiger partial charge in [-0.3, -0.25) is 20.8 Å². The van der Waals surface area contributed by atoms with E-state index < -0.39 is 47.1 Å². The lowest BCUT2D eigenvalue weighted by molar-refractivity contribution is -0.137. The number of halogens is 6. The maximum atomic E-state index is 12.9. The first-order valence-corrected chi connectivity index (χ1v) is 8.13. The van der Waals surface area contributed by atoms with Crippen molar-refractivity contribution in [2.75, 3.05) is 0 Å². The van der Waals surface area contributed by atoms with Crippen LogP contribution in [0.15, 0.2) is 35.7 Å². The highest BCUT2D eigenvalue weighted by molar-refractivity contribution is 6.02. The summed E-state index contributed by atoms with van der Waals surface area (Å²) < 4.78 is 76.7. The number of nitrogens with one attached hydrogen (secondary N) is 4. The van der Waals surface area contributed by atoms with Crippen LogP contribution in [-0.2, 0) is 11.0 Å². The Kier molecular flexibility index (Phi) is 7.80. The van der Waals surface area contributed by atoms with E-state index in [2.05, 4.69) is 5.32 Å². The van der Waals surface area contributed by atoms with Gasteiger partial charge in [0.15, 0.2) is 0 Å². The molecule has 12 heteroatoms. The first-order valence-electron chi connectivity index (χ1n) is 8.13. The zero-order valence-corrected chi connectivity index (χ0v) is 15.3. The monoisotopic (exact) mass is 424 g/mol. The molecule has 0 bridgehead atoms. The lowest BCUT2D eigenvalue weighted by Gasteiger charge is -2.24. The predicted molar refractivity (Wildman–Crippen MR) is 91.8 cm³/mol. The molecule has 6 nitrogen and oxygen atoms in total. The van der Waals surface area contributed by atoms with Crippen molar-refractivity contribution in [2.24, 2.45) is 0 Å². The van der Waals surface area contributed by atoms with Crippen molar-refractivity contribution >= 4 is 18.2 Å². The number of carbonyl (C=O) groups excluding carboxylic acids is 2. The molecule has 0 aliphatic rings. The summed E-state index contributed by atoms with van der Waals surface area (Å²) in [6.07, 6.45) is -9.33. The quantitative estimate of drug-likeness (QED) is 0.303. The summed E-state index contributed by atoms with van der Waals surface area (Å²) >= 11 is 0. The minimum atomic E-state index is -5.00. The highest BCUT2D eigenvalue weighted by Gasteiger charge is 2.37. The second kappa shape index (κ2) is 9.43. The summed E-state index contributed by atoms with van der Waals surface area (Å²) in [5, 5.41) is 13.5. The third-order valence-electron chi connectivity index (χ3n) is 3.83. The number of amides is 3. The second-order valence-corrected chi connectivity index (χ2v) is 5.81. The van der Waals surface area contributed by atoms with Gasteiger partial charge in [0.05, 0.1) is 11.6 Å². The molecule has 1 unspecified atom stereocenters. The Labute approximate surface area is 161 Å². The van der Waals surface area contributed by atoms with Gasteiger partial charge >= 0.3 is 18.4 Å². The Morgan fingerprint density at radius 1 is 1.14 bits per heavy atom. The van der Waals surface area contributed by atoms with E-state index in [0.717, 1.165) is 31.2 Å². The first kappa shape index (κ1) is 24.0. The van der Waals surface area contributed by atoms with Crippen LogP contribution < -0.4 is 16.0 Å². The van der Waals surface area contributed by atoms with Crippen LogP contribution in [0.3, 0.4) is 0 Å². The van der Waals surface area contributed by atoms with Crippen molar-refractivity contribution in [3.8, 4) is 0 Å². The minimum absolute atomic E-state index is 0.00450. The molecule has 0 aromatic heterocycles. The van der Waals surface area contributed by atoms with Crippen LogP contribution in [0.4, 0.5) is 31.1 Å². The Bertz CT molecular complexity index is 785. The van der Waals surface area contributed by atoms with Crippen LogP contribution in [0.5, 0.6) is 0 Å². The second-order valence-electron chi connectivity index (χ2n) is 5.81. The normalized spacial score (nSPS) is 13.8. The van der Waals surface area contributed by atoms with Crippen molar-refractivity contribution < 1.29 is 35.9 Å². The Morgan fingerprint density at radius 3 is 2.10 bits per heavy atom. The Balaban J connectivity index is 3.25. The molecule has 3 amide bonds. The van der Waals surface area contributed by atoms with Gasteiger partial charge in [-0.1, -0.05) is 19.1 Å². The summed E-state index contributed by atoms with van der Waals surface area (Å²) in [5.74, 6) is -0.515. The number of hydrogen-bond donors (Lipinski definition) is 4. The van der Waals surface area contributed by atoms with E-state index in [1.54, 1.807) is 12.2 Å². The molecule has 0 saturated carbocycles. The maximum absolute atomic E-state index is 12.9. The van der Waals surface area contributed by atoms with E-state index in [1.165, 1.54) is 0 Å². The lowest BCUT2D eigenvalue weighted by Crippen LogP contribution is -2.41. The standard InChI is InChI=1S/C17H18F6N4O2/c1-3-12(10-4-6-11(7-5-10)16(18,19)20)26-14(27-15(29)25-8-28)9(2)13(24)17(21,22)23/h4-8,12,24,26H,3H2,1-2H3,(H2,25,27,28,29)/b14-9+,24-13?. The van der Waals surface area contributed by atoms with Crippen LogP contribution in [0, 0.1) is 5.41 Å². The molecule has 0 saturated heterocycles. The topological polar surface area (TPSA) is 94.1 Å². The molecule has 4 N–H and O–H groups in total.